The number of sulfone groups is 1. The average molecular weight is 555 g/mol. The molecule has 0 saturated carbocycles. The van der Waals surface area contributed by atoms with E-state index in [0.29, 0.717) is 37.3 Å². The Bertz CT molecular complexity index is 1190. The first-order valence-electron chi connectivity index (χ1n) is 13.1. The molecule has 0 aliphatic carbocycles. The summed E-state index contributed by atoms with van der Waals surface area (Å²) in [5.41, 5.74) is 0.571. The Hall–Kier alpha value is -1.70. The lowest BCUT2D eigenvalue weighted by atomic mass is 9.60. The minimum atomic E-state index is -3.26. The molecule has 4 nitrogen and oxygen atoms in total. The summed E-state index contributed by atoms with van der Waals surface area (Å²) >= 11 is 6.09. The van der Waals surface area contributed by atoms with Gasteiger partial charge < -0.3 is 9.47 Å². The van der Waals surface area contributed by atoms with Gasteiger partial charge in [0.15, 0.2) is 11.6 Å². The monoisotopic (exact) mass is 554 g/mol. The molecule has 3 atom stereocenters. The smallest absolute Gasteiger partial charge is 0.165 e. The molecule has 0 N–H and O–H groups in total. The number of rotatable bonds is 9. The van der Waals surface area contributed by atoms with Crippen LogP contribution in [-0.2, 0) is 26.4 Å². The SMILES string of the molecule is CC(C)(C)CCCCS(=O)(=O)CC[C@@H]1OCC[C@@]2(Cc3ccc(Cl)cc3)c3c(F)ccc(F)c3OC[C@@H]12. The van der Waals surface area contributed by atoms with Crippen molar-refractivity contribution in [1.29, 1.82) is 0 Å². The van der Waals surface area contributed by atoms with Gasteiger partial charge in [0.05, 0.1) is 24.2 Å². The van der Waals surface area contributed by atoms with Crippen LogP contribution in [0.2, 0.25) is 5.02 Å². The lowest BCUT2D eigenvalue weighted by Gasteiger charge is -2.51. The zero-order valence-corrected chi connectivity index (χ0v) is 23.4. The van der Waals surface area contributed by atoms with E-state index in [9.17, 15) is 12.8 Å². The molecule has 0 aromatic heterocycles. The van der Waals surface area contributed by atoms with E-state index in [1.54, 1.807) is 12.1 Å². The Labute approximate surface area is 224 Å². The second-order valence-electron chi connectivity index (χ2n) is 11.7. The Morgan fingerprint density at radius 2 is 1.73 bits per heavy atom. The number of benzene rings is 2. The van der Waals surface area contributed by atoms with Crippen LogP contribution in [0.25, 0.3) is 0 Å². The standard InChI is InChI=1S/C29H37ClF2O4S/c1-28(2,3)13-4-5-16-37(33,34)17-12-25-22-19-36-27-24(32)11-10-23(31)26(27)29(22,14-15-35-25)18-20-6-8-21(30)9-7-20/h6-11,22,25H,4-5,12-19H2,1-3H3/t22-,25-,29-/m0/s1. The molecule has 0 radical (unpaired) electrons. The summed E-state index contributed by atoms with van der Waals surface area (Å²) in [7, 11) is -3.26. The third-order valence-electron chi connectivity index (χ3n) is 7.78. The highest BCUT2D eigenvalue weighted by Gasteiger charge is 2.53. The van der Waals surface area contributed by atoms with Crippen molar-refractivity contribution in [3.05, 3.63) is 64.2 Å². The molecule has 1 saturated heterocycles. The van der Waals surface area contributed by atoms with Crippen molar-refractivity contribution in [2.75, 3.05) is 24.7 Å². The molecule has 2 aromatic carbocycles. The Morgan fingerprint density at radius 1 is 1.03 bits per heavy atom. The summed E-state index contributed by atoms with van der Waals surface area (Å²) in [5, 5.41) is 0.597. The highest BCUT2D eigenvalue weighted by atomic mass is 35.5. The van der Waals surface area contributed by atoms with E-state index >= 15 is 4.39 Å². The minimum Gasteiger partial charge on any atom is -0.490 e. The van der Waals surface area contributed by atoms with Crippen molar-refractivity contribution in [3.8, 4) is 5.75 Å². The van der Waals surface area contributed by atoms with Gasteiger partial charge in [-0.05, 0) is 67.3 Å². The predicted molar refractivity (Wildman–Crippen MR) is 143 cm³/mol. The van der Waals surface area contributed by atoms with Gasteiger partial charge in [-0.25, -0.2) is 17.2 Å². The molecule has 0 amide bonds. The fourth-order valence-electron chi connectivity index (χ4n) is 5.87. The van der Waals surface area contributed by atoms with E-state index in [0.717, 1.165) is 30.5 Å². The first kappa shape index (κ1) is 28.3. The summed E-state index contributed by atoms with van der Waals surface area (Å²) in [4.78, 5) is 0. The van der Waals surface area contributed by atoms with Gasteiger partial charge in [-0.3, -0.25) is 0 Å². The molecule has 0 bridgehead atoms. The lowest BCUT2D eigenvalue weighted by Crippen LogP contribution is -2.55. The van der Waals surface area contributed by atoms with Gasteiger partial charge in [-0.15, -0.1) is 0 Å². The lowest BCUT2D eigenvalue weighted by molar-refractivity contribution is -0.0963. The number of unbranched alkanes of at least 4 members (excludes halogenated alkanes) is 1. The van der Waals surface area contributed by atoms with Crippen molar-refractivity contribution in [2.24, 2.45) is 11.3 Å². The van der Waals surface area contributed by atoms with Gasteiger partial charge in [0.25, 0.3) is 0 Å². The number of fused-ring (bicyclic) bond motifs is 3. The maximum absolute atomic E-state index is 15.4. The van der Waals surface area contributed by atoms with Crippen molar-refractivity contribution < 1.29 is 26.7 Å². The number of ether oxygens (including phenoxy) is 2. The molecule has 4 rings (SSSR count). The molecule has 37 heavy (non-hydrogen) atoms. The highest BCUT2D eigenvalue weighted by Crippen LogP contribution is 2.52. The van der Waals surface area contributed by atoms with Gasteiger partial charge >= 0.3 is 0 Å². The summed E-state index contributed by atoms with van der Waals surface area (Å²) < 4.78 is 67.8. The van der Waals surface area contributed by atoms with Crippen LogP contribution in [0.4, 0.5) is 8.78 Å². The predicted octanol–water partition coefficient (Wildman–Crippen LogP) is 6.92. The Balaban J connectivity index is 1.57. The van der Waals surface area contributed by atoms with E-state index in [-0.39, 0.29) is 40.8 Å². The van der Waals surface area contributed by atoms with Crippen LogP contribution in [0.3, 0.4) is 0 Å². The Kier molecular flexibility index (Phi) is 8.56. The molecule has 0 unspecified atom stereocenters. The summed E-state index contributed by atoms with van der Waals surface area (Å²) in [6.07, 6.45) is 3.26. The van der Waals surface area contributed by atoms with Crippen LogP contribution in [0, 0.1) is 23.0 Å². The van der Waals surface area contributed by atoms with Crippen molar-refractivity contribution in [2.45, 2.75) is 70.8 Å². The molecular weight excluding hydrogens is 518 g/mol. The highest BCUT2D eigenvalue weighted by molar-refractivity contribution is 7.91. The molecule has 204 valence electrons. The van der Waals surface area contributed by atoms with E-state index in [1.807, 2.05) is 12.1 Å². The fraction of sp³-hybridized carbons (Fsp3) is 0.586. The summed E-state index contributed by atoms with van der Waals surface area (Å²) in [5.74, 6) is -1.32. The second kappa shape index (κ2) is 11.2. The van der Waals surface area contributed by atoms with E-state index in [2.05, 4.69) is 20.8 Å². The molecule has 0 spiro atoms. The van der Waals surface area contributed by atoms with E-state index in [4.69, 9.17) is 21.1 Å². The second-order valence-corrected chi connectivity index (χ2v) is 14.5. The average Bonchev–Trinajstić information content (AvgIpc) is 2.83. The zero-order chi connectivity index (χ0) is 26.8. The van der Waals surface area contributed by atoms with E-state index < -0.39 is 33.0 Å². The van der Waals surface area contributed by atoms with Crippen molar-refractivity contribution >= 4 is 21.4 Å². The maximum atomic E-state index is 15.4. The molecule has 2 aliphatic heterocycles. The maximum Gasteiger partial charge on any atom is 0.165 e. The number of halogens is 3. The third kappa shape index (κ3) is 6.66. The van der Waals surface area contributed by atoms with Gasteiger partial charge in [0.2, 0.25) is 0 Å². The number of hydrogen-bond donors (Lipinski definition) is 0. The fourth-order valence-corrected chi connectivity index (χ4v) is 7.44. The van der Waals surface area contributed by atoms with Crippen LogP contribution in [0.1, 0.15) is 64.0 Å². The van der Waals surface area contributed by atoms with Crippen LogP contribution >= 0.6 is 11.6 Å². The summed E-state index contributed by atoms with van der Waals surface area (Å²) in [6.45, 7) is 6.92. The van der Waals surface area contributed by atoms with Gasteiger partial charge in [-0.2, -0.15) is 0 Å². The Morgan fingerprint density at radius 3 is 2.43 bits per heavy atom. The molecule has 2 aliphatic rings. The molecular formula is C29H37ClF2O4S. The molecule has 8 heteroatoms. The molecule has 2 heterocycles. The van der Waals surface area contributed by atoms with Crippen LogP contribution in [0.15, 0.2) is 36.4 Å². The van der Waals surface area contributed by atoms with Crippen LogP contribution < -0.4 is 4.74 Å². The van der Waals surface area contributed by atoms with Crippen molar-refractivity contribution in [1.82, 2.24) is 0 Å². The van der Waals surface area contributed by atoms with Gasteiger partial charge in [0, 0.05) is 28.5 Å². The van der Waals surface area contributed by atoms with Gasteiger partial charge in [-0.1, -0.05) is 50.9 Å². The topological polar surface area (TPSA) is 52.6 Å². The largest absolute Gasteiger partial charge is 0.490 e. The molecule has 1 fully saturated rings. The number of hydrogen-bond acceptors (Lipinski definition) is 4. The minimum absolute atomic E-state index is 0.000794. The zero-order valence-electron chi connectivity index (χ0n) is 21.9. The van der Waals surface area contributed by atoms with E-state index in [1.165, 1.54) is 0 Å². The van der Waals surface area contributed by atoms with Crippen LogP contribution in [-0.4, -0.2) is 39.2 Å². The quantitative estimate of drug-likeness (QED) is 0.316. The normalized spacial score (nSPS) is 23.7. The van der Waals surface area contributed by atoms with Gasteiger partial charge in [0.1, 0.15) is 15.7 Å². The first-order chi connectivity index (χ1) is 17.4. The van der Waals surface area contributed by atoms with Crippen molar-refractivity contribution in [3.63, 3.8) is 0 Å². The third-order valence-corrected chi connectivity index (χ3v) is 9.80. The first-order valence-corrected chi connectivity index (χ1v) is 15.3. The summed E-state index contributed by atoms with van der Waals surface area (Å²) in [6, 6.07) is 9.60. The molecule has 2 aromatic rings. The van der Waals surface area contributed by atoms with Crippen LogP contribution in [0.5, 0.6) is 5.75 Å².